The van der Waals surface area contributed by atoms with Gasteiger partial charge in [-0.15, -0.1) is 0 Å². The van der Waals surface area contributed by atoms with Crippen molar-refractivity contribution in [3.05, 3.63) is 71.5 Å². The maximum Gasteiger partial charge on any atom is 0.289 e. The number of likely N-dealkylation sites (tertiary alicyclic amines) is 1. The molecule has 2 fully saturated rings. The van der Waals surface area contributed by atoms with E-state index in [0.29, 0.717) is 30.1 Å². The van der Waals surface area contributed by atoms with Crippen molar-refractivity contribution in [2.75, 3.05) is 52.9 Å². The molecule has 5 rings (SSSR count). The molecular formula is C30H39N3O3. The number of carbonyl (C=O) groups excluding carboxylic acids is 1. The van der Waals surface area contributed by atoms with Crippen LogP contribution in [0.15, 0.2) is 59.0 Å². The van der Waals surface area contributed by atoms with Gasteiger partial charge in [0, 0.05) is 38.1 Å². The molecule has 1 N–H and O–H groups in total. The van der Waals surface area contributed by atoms with E-state index in [1.807, 2.05) is 29.2 Å². The van der Waals surface area contributed by atoms with Crippen molar-refractivity contribution in [2.24, 2.45) is 0 Å². The van der Waals surface area contributed by atoms with Gasteiger partial charge in [0.05, 0.1) is 5.60 Å². The molecular weight excluding hydrogens is 450 g/mol. The SMILES string of the molecule is CC(CCN1CCC(O)(c2ccc3oc(C(=O)N4CCCN(C)CC4)cc3c2)CC1)c1ccccc1. The fraction of sp³-hybridized carbons (Fsp3) is 0.500. The summed E-state index contributed by atoms with van der Waals surface area (Å²) < 4.78 is 5.94. The fourth-order valence-electron chi connectivity index (χ4n) is 5.60. The van der Waals surface area contributed by atoms with Crippen LogP contribution in [0, 0.1) is 0 Å². The number of furan rings is 1. The summed E-state index contributed by atoms with van der Waals surface area (Å²) in [4.78, 5) is 19.7. The Morgan fingerprint density at radius 2 is 1.78 bits per heavy atom. The van der Waals surface area contributed by atoms with Gasteiger partial charge >= 0.3 is 0 Å². The van der Waals surface area contributed by atoms with Gasteiger partial charge in [0.1, 0.15) is 5.58 Å². The third-order valence-corrected chi connectivity index (χ3v) is 8.20. The van der Waals surface area contributed by atoms with Crippen molar-refractivity contribution >= 4 is 16.9 Å². The minimum atomic E-state index is -0.841. The quantitative estimate of drug-likeness (QED) is 0.545. The predicted molar refractivity (Wildman–Crippen MR) is 143 cm³/mol. The van der Waals surface area contributed by atoms with E-state index < -0.39 is 5.60 Å². The summed E-state index contributed by atoms with van der Waals surface area (Å²) in [5.41, 5.74) is 2.17. The van der Waals surface area contributed by atoms with Crippen molar-refractivity contribution in [3.8, 4) is 0 Å². The van der Waals surface area contributed by atoms with Crippen molar-refractivity contribution in [3.63, 3.8) is 0 Å². The summed E-state index contributed by atoms with van der Waals surface area (Å²) >= 11 is 0. The minimum Gasteiger partial charge on any atom is -0.451 e. The van der Waals surface area contributed by atoms with Gasteiger partial charge < -0.3 is 24.2 Å². The summed E-state index contributed by atoms with van der Waals surface area (Å²) in [5, 5.41) is 12.4. The fourth-order valence-corrected chi connectivity index (χ4v) is 5.60. The van der Waals surface area contributed by atoms with Crippen molar-refractivity contribution in [1.82, 2.24) is 14.7 Å². The molecule has 0 spiro atoms. The number of piperidine rings is 1. The van der Waals surface area contributed by atoms with Crippen molar-refractivity contribution in [2.45, 2.75) is 44.1 Å². The smallest absolute Gasteiger partial charge is 0.289 e. The van der Waals surface area contributed by atoms with Crippen LogP contribution in [-0.2, 0) is 5.60 Å². The monoisotopic (exact) mass is 489 g/mol. The first-order chi connectivity index (χ1) is 17.4. The molecule has 2 saturated heterocycles. The van der Waals surface area contributed by atoms with Gasteiger partial charge in [-0.05, 0) is 81.1 Å². The lowest BCUT2D eigenvalue weighted by Crippen LogP contribution is -2.43. The van der Waals surface area contributed by atoms with E-state index in [-0.39, 0.29) is 5.91 Å². The predicted octanol–water partition coefficient (Wildman–Crippen LogP) is 4.69. The highest BCUT2D eigenvalue weighted by Gasteiger charge is 2.34. The molecule has 1 aromatic heterocycles. The Labute approximate surface area is 214 Å². The molecule has 36 heavy (non-hydrogen) atoms. The van der Waals surface area contributed by atoms with E-state index in [4.69, 9.17) is 4.42 Å². The van der Waals surface area contributed by atoms with Gasteiger partial charge in [0.15, 0.2) is 5.76 Å². The Kier molecular flexibility index (Phi) is 7.47. The van der Waals surface area contributed by atoms with Gasteiger partial charge in [-0.1, -0.05) is 43.3 Å². The van der Waals surface area contributed by atoms with Crippen LogP contribution in [0.4, 0.5) is 0 Å². The third kappa shape index (κ3) is 5.51. The van der Waals surface area contributed by atoms with Crippen molar-refractivity contribution < 1.29 is 14.3 Å². The summed E-state index contributed by atoms with van der Waals surface area (Å²) in [5.74, 6) is 0.878. The van der Waals surface area contributed by atoms with Gasteiger partial charge in [-0.2, -0.15) is 0 Å². The first kappa shape index (κ1) is 25.0. The average Bonchev–Trinajstić information content (AvgIpc) is 3.22. The van der Waals surface area contributed by atoms with E-state index in [9.17, 15) is 9.90 Å². The van der Waals surface area contributed by atoms with E-state index in [0.717, 1.165) is 69.6 Å². The van der Waals surface area contributed by atoms with Crippen LogP contribution in [0.1, 0.15) is 60.2 Å². The Balaban J connectivity index is 1.21. The zero-order valence-electron chi connectivity index (χ0n) is 21.7. The normalized spacial score (nSPS) is 20.4. The van der Waals surface area contributed by atoms with Crippen LogP contribution >= 0.6 is 0 Å². The molecule has 192 valence electrons. The second kappa shape index (κ2) is 10.8. The molecule has 1 amide bonds. The second-order valence-corrected chi connectivity index (χ2v) is 10.8. The highest BCUT2D eigenvalue weighted by Crippen LogP contribution is 2.35. The van der Waals surface area contributed by atoms with Crippen LogP contribution in [0.25, 0.3) is 11.0 Å². The Hall–Kier alpha value is -2.67. The Morgan fingerprint density at radius 3 is 2.56 bits per heavy atom. The van der Waals surface area contributed by atoms with Gasteiger partial charge in [-0.3, -0.25) is 4.79 Å². The summed E-state index contributed by atoms with van der Waals surface area (Å²) in [6.45, 7) is 8.47. The van der Waals surface area contributed by atoms with Gasteiger partial charge in [-0.25, -0.2) is 0 Å². The van der Waals surface area contributed by atoms with Crippen LogP contribution < -0.4 is 0 Å². The Morgan fingerprint density at radius 1 is 1.00 bits per heavy atom. The summed E-state index contributed by atoms with van der Waals surface area (Å²) in [6, 6.07) is 18.4. The molecule has 1 atom stereocenters. The zero-order chi connectivity index (χ0) is 25.1. The number of fused-ring (bicyclic) bond motifs is 1. The van der Waals surface area contributed by atoms with Gasteiger partial charge in [0.25, 0.3) is 5.91 Å². The topological polar surface area (TPSA) is 60.2 Å². The van der Waals surface area contributed by atoms with Crippen LogP contribution in [0.2, 0.25) is 0 Å². The number of likely N-dealkylation sites (N-methyl/N-ethyl adjacent to an activating group) is 1. The number of carbonyl (C=O) groups is 1. The number of rotatable bonds is 6. The summed E-state index contributed by atoms with van der Waals surface area (Å²) in [7, 11) is 2.09. The molecule has 0 bridgehead atoms. The second-order valence-electron chi connectivity index (χ2n) is 10.8. The highest BCUT2D eigenvalue weighted by molar-refractivity contribution is 5.96. The molecule has 6 nitrogen and oxygen atoms in total. The number of nitrogens with zero attached hydrogens (tertiary/aromatic N) is 3. The van der Waals surface area contributed by atoms with Gasteiger partial charge in [0.2, 0.25) is 0 Å². The highest BCUT2D eigenvalue weighted by atomic mass is 16.3. The third-order valence-electron chi connectivity index (χ3n) is 8.20. The summed E-state index contributed by atoms with van der Waals surface area (Å²) in [6.07, 6.45) is 3.52. The zero-order valence-corrected chi connectivity index (χ0v) is 21.7. The number of benzene rings is 2. The maximum absolute atomic E-state index is 13.1. The number of aliphatic hydroxyl groups is 1. The first-order valence-corrected chi connectivity index (χ1v) is 13.4. The largest absolute Gasteiger partial charge is 0.451 e. The number of hydrogen-bond acceptors (Lipinski definition) is 5. The lowest BCUT2D eigenvalue weighted by atomic mass is 9.84. The molecule has 2 aromatic carbocycles. The molecule has 0 radical (unpaired) electrons. The number of amides is 1. The first-order valence-electron chi connectivity index (χ1n) is 13.4. The Bertz CT molecular complexity index is 1170. The van der Waals surface area contributed by atoms with Crippen LogP contribution in [-0.4, -0.2) is 78.6 Å². The van der Waals surface area contributed by atoms with E-state index >= 15 is 0 Å². The molecule has 3 aromatic rings. The molecule has 2 aliphatic heterocycles. The maximum atomic E-state index is 13.1. The lowest BCUT2D eigenvalue weighted by molar-refractivity contribution is -0.0261. The minimum absolute atomic E-state index is 0.0419. The van der Waals surface area contributed by atoms with E-state index in [1.54, 1.807) is 0 Å². The lowest BCUT2D eigenvalue weighted by Gasteiger charge is -2.39. The van der Waals surface area contributed by atoms with Crippen LogP contribution in [0.3, 0.4) is 0 Å². The molecule has 0 aliphatic carbocycles. The standard InChI is InChI=1S/C30H39N3O3/c1-23(24-7-4-3-5-8-24)11-16-32-17-12-30(35,13-18-32)26-9-10-27-25(21-26)22-28(36-27)29(34)33-15-6-14-31(2)19-20-33/h3-5,7-10,21-23,35H,6,11-20H2,1-2H3. The van der Waals surface area contributed by atoms with Crippen molar-refractivity contribution in [1.29, 1.82) is 0 Å². The molecule has 6 heteroatoms. The molecule has 3 heterocycles. The molecule has 1 unspecified atom stereocenters. The van der Waals surface area contributed by atoms with Crippen LogP contribution in [0.5, 0.6) is 0 Å². The number of hydrogen-bond donors (Lipinski definition) is 1. The average molecular weight is 490 g/mol. The molecule has 0 saturated carbocycles. The van der Waals surface area contributed by atoms with E-state index in [1.165, 1.54) is 5.56 Å². The van der Waals surface area contributed by atoms with E-state index in [2.05, 4.69) is 54.1 Å². The molecule has 2 aliphatic rings.